The SMILES string of the molecule is CCCCCCCCCCCCCCCC(=O)OCC(COP(=O)(O)OCCCC(=O)CCCC(=O)C(C)(C)C)OC(=O)CCCCCCCCCCCCCCC. The number of ether oxygens (including phenoxy) is 2. The molecule has 11 heteroatoms. The maximum atomic E-state index is 12.7. The summed E-state index contributed by atoms with van der Waals surface area (Å²) in [6, 6.07) is 0. The molecule has 0 saturated heterocycles. The van der Waals surface area contributed by atoms with Crippen molar-refractivity contribution in [1.82, 2.24) is 0 Å². The Morgan fingerprint density at radius 1 is 0.483 bits per heavy atom. The molecule has 0 saturated carbocycles. The molecule has 0 aromatic rings. The number of hydrogen-bond donors (Lipinski definition) is 1. The first-order valence-electron chi connectivity index (χ1n) is 23.8. The van der Waals surface area contributed by atoms with Crippen LogP contribution in [0.25, 0.3) is 0 Å². The molecule has 2 unspecified atom stereocenters. The molecule has 0 fully saturated rings. The lowest BCUT2D eigenvalue weighted by Gasteiger charge is -2.20. The summed E-state index contributed by atoms with van der Waals surface area (Å²) in [7, 11) is -4.53. The van der Waals surface area contributed by atoms with Gasteiger partial charge in [-0.1, -0.05) is 189 Å². The van der Waals surface area contributed by atoms with Crippen LogP contribution >= 0.6 is 7.82 Å². The van der Waals surface area contributed by atoms with Gasteiger partial charge in [-0.25, -0.2) is 4.57 Å². The second kappa shape index (κ2) is 38.3. The third kappa shape index (κ3) is 38.6. The zero-order chi connectivity index (χ0) is 43.2. The van der Waals surface area contributed by atoms with Crippen molar-refractivity contribution < 1.29 is 47.2 Å². The van der Waals surface area contributed by atoms with Crippen molar-refractivity contribution in [3.63, 3.8) is 0 Å². The molecule has 0 bridgehead atoms. The van der Waals surface area contributed by atoms with Crippen LogP contribution < -0.4 is 0 Å². The molecule has 58 heavy (non-hydrogen) atoms. The number of esters is 2. The van der Waals surface area contributed by atoms with Crippen LogP contribution in [0.5, 0.6) is 0 Å². The lowest BCUT2D eigenvalue weighted by atomic mass is 9.87. The maximum absolute atomic E-state index is 12.7. The fourth-order valence-electron chi connectivity index (χ4n) is 6.80. The zero-order valence-corrected chi connectivity index (χ0v) is 39.0. The van der Waals surface area contributed by atoms with Crippen molar-refractivity contribution in [2.75, 3.05) is 19.8 Å². The molecular formula is C47H89O10P. The van der Waals surface area contributed by atoms with Gasteiger partial charge in [-0.2, -0.15) is 0 Å². The first kappa shape index (κ1) is 56.4. The van der Waals surface area contributed by atoms with Gasteiger partial charge >= 0.3 is 19.8 Å². The van der Waals surface area contributed by atoms with Crippen LogP contribution in [0.2, 0.25) is 0 Å². The minimum absolute atomic E-state index is 0.0462. The van der Waals surface area contributed by atoms with Gasteiger partial charge in [0.25, 0.3) is 0 Å². The molecule has 0 aliphatic rings. The lowest BCUT2D eigenvalue weighted by Crippen LogP contribution is -2.29. The van der Waals surface area contributed by atoms with E-state index in [2.05, 4.69) is 13.8 Å². The van der Waals surface area contributed by atoms with Crippen molar-refractivity contribution in [2.24, 2.45) is 5.41 Å². The summed E-state index contributed by atoms with van der Waals surface area (Å²) in [5.74, 6) is -0.817. The molecule has 0 aromatic carbocycles. The smallest absolute Gasteiger partial charge is 0.462 e. The van der Waals surface area contributed by atoms with Crippen molar-refractivity contribution in [3.05, 3.63) is 0 Å². The van der Waals surface area contributed by atoms with Crippen molar-refractivity contribution in [2.45, 2.75) is 253 Å². The Kier molecular flexibility index (Phi) is 37.3. The number of carbonyl (C=O) groups is 4. The minimum atomic E-state index is -4.53. The minimum Gasteiger partial charge on any atom is -0.462 e. The van der Waals surface area contributed by atoms with E-state index in [0.29, 0.717) is 25.7 Å². The summed E-state index contributed by atoms with van der Waals surface area (Å²) in [4.78, 5) is 59.9. The second-order valence-electron chi connectivity index (χ2n) is 17.5. The van der Waals surface area contributed by atoms with E-state index in [4.69, 9.17) is 18.5 Å². The van der Waals surface area contributed by atoms with Crippen LogP contribution in [-0.4, -0.2) is 54.3 Å². The van der Waals surface area contributed by atoms with E-state index in [1.807, 2.05) is 20.8 Å². The van der Waals surface area contributed by atoms with E-state index >= 15 is 0 Å². The number of Topliss-reactive ketones (excluding diaryl/α,β-unsaturated/α-hetero) is 2. The maximum Gasteiger partial charge on any atom is 0.472 e. The highest BCUT2D eigenvalue weighted by atomic mass is 31.2. The normalized spacial score (nSPS) is 13.3. The largest absolute Gasteiger partial charge is 0.472 e. The van der Waals surface area contributed by atoms with Gasteiger partial charge in [0.15, 0.2) is 6.10 Å². The monoisotopic (exact) mass is 845 g/mol. The predicted octanol–water partition coefficient (Wildman–Crippen LogP) is 13.7. The van der Waals surface area contributed by atoms with Gasteiger partial charge < -0.3 is 14.4 Å². The third-order valence-electron chi connectivity index (χ3n) is 10.7. The van der Waals surface area contributed by atoms with Gasteiger partial charge in [-0.05, 0) is 25.7 Å². The first-order valence-corrected chi connectivity index (χ1v) is 25.3. The predicted molar refractivity (Wildman–Crippen MR) is 236 cm³/mol. The van der Waals surface area contributed by atoms with Crippen LogP contribution in [0.4, 0.5) is 0 Å². The third-order valence-corrected chi connectivity index (χ3v) is 11.7. The summed E-state index contributed by atoms with van der Waals surface area (Å²) < 4.78 is 33.8. The quantitative estimate of drug-likeness (QED) is 0.0358. The van der Waals surface area contributed by atoms with Crippen molar-refractivity contribution >= 4 is 31.3 Å². The van der Waals surface area contributed by atoms with Gasteiger partial charge in [0.1, 0.15) is 18.2 Å². The van der Waals surface area contributed by atoms with Gasteiger partial charge in [-0.15, -0.1) is 0 Å². The Labute approximate surface area is 355 Å². The molecule has 0 aliphatic carbocycles. The number of rotatable bonds is 43. The lowest BCUT2D eigenvalue weighted by molar-refractivity contribution is -0.161. The van der Waals surface area contributed by atoms with Gasteiger partial charge in [0.05, 0.1) is 13.2 Å². The molecule has 0 heterocycles. The van der Waals surface area contributed by atoms with E-state index in [0.717, 1.165) is 32.1 Å². The average molecular weight is 845 g/mol. The van der Waals surface area contributed by atoms with Crippen LogP contribution in [0.1, 0.15) is 247 Å². The van der Waals surface area contributed by atoms with Crippen LogP contribution in [0, 0.1) is 5.41 Å². The molecule has 10 nitrogen and oxygen atoms in total. The first-order chi connectivity index (χ1) is 27.8. The highest BCUT2D eigenvalue weighted by Gasteiger charge is 2.26. The number of ketones is 2. The van der Waals surface area contributed by atoms with E-state index in [9.17, 15) is 28.6 Å². The molecule has 0 spiro atoms. The molecule has 2 atom stereocenters. The molecule has 342 valence electrons. The number of phosphoric ester groups is 1. The fraction of sp³-hybridized carbons (Fsp3) is 0.915. The summed E-state index contributed by atoms with van der Waals surface area (Å²) in [5, 5.41) is 0. The van der Waals surface area contributed by atoms with Crippen molar-refractivity contribution in [3.8, 4) is 0 Å². The molecule has 1 N–H and O–H groups in total. The molecule has 0 aliphatic heterocycles. The highest BCUT2D eigenvalue weighted by Crippen LogP contribution is 2.43. The number of unbranched alkanes of at least 4 members (excludes halogenated alkanes) is 24. The molecular weight excluding hydrogens is 755 g/mol. The number of phosphoric acid groups is 1. The topological polar surface area (TPSA) is 142 Å². The number of carbonyl (C=O) groups excluding carboxylic acids is 4. The Bertz CT molecular complexity index is 1070. The molecule has 0 radical (unpaired) electrons. The Balaban J connectivity index is 4.59. The van der Waals surface area contributed by atoms with Crippen LogP contribution in [0.3, 0.4) is 0 Å². The number of hydrogen-bond acceptors (Lipinski definition) is 9. The van der Waals surface area contributed by atoms with Crippen LogP contribution in [-0.2, 0) is 42.3 Å². The van der Waals surface area contributed by atoms with Crippen molar-refractivity contribution in [1.29, 1.82) is 0 Å². The standard InChI is InChI=1S/C47H89O10P/c1-6-8-10-12-14-16-18-20-22-24-26-28-30-37-45(50)54-40-43(57-46(51)38-31-29-27-25-23-21-19-17-15-13-11-9-7-2)41-56-58(52,53)55-39-33-35-42(48)34-32-36-44(49)47(3,4)5/h43H,6-41H2,1-5H3,(H,52,53). The Hall–Kier alpha value is -1.61. The molecule has 0 rings (SSSR count). The molecule has 0 aromatic heterocycles. The van der Waals surface area contributed by atoms with Gasteiger partial charge in [-0.3, -0.25) is 28.2 Å². The van der Waals surface area contributed by atoms with E-state index < -0.39 is 37.9 Å². The Morgan fingerprint density at radius 3 is 1.31 bits per heavy atom. The van der Waals surface area contributed by atoms with E-state index in [1.54, 1.807) is 0 Å². The van der Waals surface area contributed by atoms with Gasteiger partial charge in [0, 0.05) is 37.5 Å². The second-order valence-corrected chi connectivity index (χ2v) is 19.0. The van der Waals surface area contributed by atoms with E-state index in [1.165, 1.54) is 122 Å². The van der Waals surface area contributed by atoms with Crippen LogP contribution in [0.15, 0.2) is 0 Å². The Morgan fingerprint density at radius 2 is 0.879 bits per heavy atom. The van der Waals surface area contributed by atoms with Gasteiger partial charge in [0.2, 0.25) is 0 Å². The summed E-state index contributed by atoms with van der Waals surface area (Å²) in [5.41, 5.74) is -0.435. The summed E-state index contributed by atoms with van der Waals surface area (Å²) >= 11 is 0. The average Bonchev–Trinajstić information content (AvgIpc) is 3.17. The summed E-state index contributed by atoms with van der Waals surface area (Å²) in [6.07, 6.45) is 32.1. The fourth-order valence-corrected chi connectivity index (χ4v) is 7.59. The highest BCUT2D eigenvalue weighted by molar-refractivity contribution is 7.47. The van der Waals surface area contributed by atoms with E-state index in [-0.39, 0.29) is 56.9 Å². The molecule has 0 amide bonds. The zero-order valence-electron chi connectivity index (χ0n) is 38.1. The summed E-state index contributed by atoms with van der Waals surface area (Å²) in [6.45, 7) is 9.09.